The molecule has 3 N–H and O–H groups in total. The van der Waals surface area contributed by atoms with Gasteiger partial charge in [0, 0.05) is 12.5 Å². The lowest BCUT2D eigenvalue weighted by Crippen LogP contribution is -2.32. The van der Waals surface area contributed by atoms with Crippen molar-refractivity contribution in [3.8, 4) is 0 Å². The highest BCUT2D eigenvalue weighted by molar-refractivity contribution is 5.22. The van der Waals surface area contributed by atoms with E-state index in [4.69, 9.17) is 5.73 Å². The Morgan fingerprint density at radius 3 is 2.12 bits per heavy atom. The standard InChI is InChI=1S/C14H22FNO/c1-3-10(4-2)14(17)13(9-16)11-5-7-12(15)8-6-11/h5-8,10,13-14,17H,3-4,9,16H2,1-2H3. The number of aliphatic hydroxyl groups excluding tert-OH is 1. The molecule has 0 aliphatic heterocycles. The number of rotatable bonds is 6. The van der Waals surface area contributed by atoms with E-state index in [1.807, 2.05) is 0 Å². The predicted octanol–water partition coefficient (Wildman–Crippen LogP) is 2.67. The second-order valence-electron chi connectivity index (χ2n) is 4.46. The number of nitrogens with two attached hydrogens (primary N) is 1. The van der Waals surface area contributed by atoms with Gasteiger partial charge in [-0.3, -0.25) is 0 Å². The van der Waals surface area contributed by atoms with Gasteiger partial charge in [-0.05, 0) is 23.6 Å². The first-order valence-corrected chi connectivity index (χ1v) is 6.27. The molecule has 17 heavy (non-hydrogen) atoms. The fraction of sp³-hybridized carbons (Fsp3) is 0.571. The molecular weight excluding hydrogens is 217 g/mol. The van der Waals surface area contributed by atoms with Crippen LogP contribution in [-0.4, -0.2) is 17.8 Å². The van der Waals surface area contributed by atoms with E-state index >= 15 is 0 Å². The third kappa shape index (κ3) is 3.51. The molecule has 3 heteroatoms. The Morgan fingerprint density at radius 2 is 1.71 bits per heavy atom. The minimum absolute atomic E-state index is 0.111. The van der Waals surface area contributed by atoms with Gasteiger partial charge in [-0.25, -0.2) is 4.39 Å². The Balaban J connectivity index is 2.86. The first-order chi connectivity index (χ1) is 8.13. The lowest BCUT2D eigenvalue weighted by Gasteiger charge is -2.28. The molecule has 0 spiro atoms. The van der Waals surface area contributed by atoms with Crippen molar-refractivity contribution in [1.29, 1.82) is 0 Å². The monoisotopic (exact) mass is 239 g/mol. The van der Waals surface area contributed by atoms with Gasteiger partial charge in [-0.15, -0.1) is 0 Å². The zero-order valence-corrected chi connectivity index (χ0v) is 10.6. The van der Waals surface area contributed by atoms with Crippen molar-refractivity contribution >= 4 is 0 Å². The summed E-state index contributed by atoms with van der Waals surface area (Å²) in [5.74, 6) is -0.129. The van der Waals surface area contributed by atoms with Gasteiger partial charge in [0.25, 0.3) is 0 Å². The van der Waals surface area contributed by atoms with Crippen LogP contribution < -0.4 is 5.73 Å². The molecule has 0 saturated carbocycles. The summed E-state index contributed by atoms with van der Waals surface area (Å²) in [4.78, 5) is 0. The lowest BCUT2D eigenvalue weighted by molar-refractivity contribution is 0.0779. The summed E-state index contributed by atoms with van der Waals surface area (Å²) in [5, 5.41) is 10.3. The van der Waals surface area contributed by atoms with Crippen LogP contribution in [0.15, 0.2) is 24.3 Å². The Labute approximate surface area is 103 Å². The van der Waals surface area contributed by atoms with Crippen LogP contribution in [0.2, 0.25) is 0 Å². The van der Waals surface area contributed by atoms with Crippen molar-refractivity contribution in [3.63, 3.8) is 0 Å². The first kappa shape index (κ1) is 14.1. The van der Waals surface area contributed by atoms with Gasteiger partial charge in [0.2, 0.25) is 0 Å². The molecule has 2 nitrogen and oxygen atoms in total. The molecule has 0 aliphatic rings. The van der Waals surface area contributed by atoms with Crippen molar-refractivity contribution < 1.29 is 9.50 Å². The van der Waals surface area contributed by atoms with Crippen molar-refractivity contribution in [1.82, 2.24) is 0 Å². The molecule has 96 valence electrons. The Morgan fingerprint density at radius 1 is 1.18 bits per heavy atom. The number of hydrogen-bond acceptors (Lipinski definition) is 2. The van der Waals surface area contributed by atoms with Gasteiger partial charge in [0.15, 0.2) is 0 Å². The van der Waals surface area contributed by atoms with Gasteiger partial charge in [0.1, 0.15) is 5.82 Å². The van der Waals surface area contributed by atoms with E-state index < -0.39 is 6.10 Å². The zero-order valence-electron chi connectivity index (χ0n) is 10.6. The molecule has 0 fully saturated rings. The minimum atomic E-state index is -0.458. The molecule has 0 aliphatic carbocycles. The van der Waals surface area contributed by atoms with Crippen molar-refractivity contribution in [2.75, 3.05) is 6.54 Å². The van der Waals surface area contributed by atoms with Crippen molar-refractivity contribution in [2.45, 2.75) is 38.7 Å². The van der Waals surface area contributed by atoms with Gasteiger partial charge in [0.05, 0.1) is 6.10 Å². The molecule has 0 aromatic heterocycles. The maximum Gasteiger partial charge on any atom is 0.123 e. The van der Waals surface area contributed by atoms with Crippen LogP contribution in [0.1, 0.15) is 38.2 Å². The average molecular weight is 239 g/mol. The molecule has 0 bridgehead atoms. The SMILES string of the molecule is CCC(CC)C(O)C(CN)c1ccc(F)cc1. The molecule has 1 aromatic carbocycles. The van der Waals surface area contributed by atoms with Crippen LogP contribution in [0.3, 0.4) is 0 Å². The predicted molar refractivity (Wildman–Crippen MR) is 68.3 cm³/mol. The maximum atomic E-state index is 12.9. The maximum absolute atomic E-state index is 12.9. The topological polar surface area (TPSA) is 46.2 Å². The largest absolute Gasteiger partial charge is 0.392 e. The molecule has 1 aromatic rings. The molecule has 1 rings (SSSR count). The Kier molecular flexibility index (Phi) is 5.59. The summed E-state index contributed by atoms with van der Waals surface area (Å²) in [6, 6.07) is 6.24. The van der Waals surface area contributed by atoms with Crippen LogP contribution in [0, 0.1) is 11.7 Å². The van der Waals surface area contributed by atoms with Crippen LogP contribution in [0.4, 0.5) is 4.39 Å². The Bertz CT molecular complexity index is 321. The molecule has 0 radical (unpaired) electrons. The van der Waals surface area contributed by atoms with Crippen molar-refractivity contribution in [3.05, 3.63) is 35.6 Å². The fourth-order valence-corrected chi connectivity index (χ4v) is 2.28. The second kappa shape index (κ2) is 6.72. The van der Waals surface area contributed by atoms with Gasteiger partial charge < -0.3 is 10.8 Å². The molecule has 0 saturated heterocycles. The molecule has 2 atom stereocenters. The first-order valence-electron chi connectivity index (χ1n) is 6.27. The van der Waals surface area contributed by atoms with E-state index in [0.29, 0.717) is 6.54 Å². The molecule has 2 unspecified atom stereocenters. The average Bonchev–Trinajstić information content (AvgIpc) is 2.34. The third-order valence-electron chi connectivity index (χ3n) is 3.50. The highest BCUT2D eigenvalue weighted by Crippen LogP contribution is 2.27. The van der Waals surface area contributed by atoms with Crippen LogP contribution in [-0.2, 0) is 0 Å². The molecule has 0 heterocycles. The normalized spacial score (nSPS) is 14.9. The Hall–Kier alpha value is -0.930. The minimum Gasteiger partial charge on any atom is -0.392 e. The quantitative estimate of drug-likeness (QED) is 0.801. The van der Waals surface area contributed by atoms with Crippen LogP contribution in [0.25, 0.3) is 0 Å². The highest BCUT2D eigenvalue weighted by Gasteiger charge is 2.25. The van der Waals surface area contributed by atoms with Gasteiger partial charge >= 0.3 is 0 Å². The summed E-state index contributed by atoms with van der Waals surface area (Å²) < 4.78 is 12.9. The number of benzene rings is 1. The second-order valence-corrected chi connectivity index (χ2v) is 4.46. The van der Waals surface area contributed by atoms with E-state index in [1.165, 1.54) is 12.1 Å². The van der Waals surface area contributed by atoms with E-state index in [2.05, 4.69) is 13.8 Å². The van der Waals surface area contributed by atoms with E-state index in [9.17, 15) is 9.50 Å². The number of hydrogen-bond donors (Lipinski definition) is 2. The van der Waals surface area contributed by atoms with Crippen LogP contribution in [0.5, 0.6) is 0 Å². The number of halogens is 1. The zero-order chi connectivity index (χ0) is 12.8. The smallest absolute Gasteiger partial charge is 0.123 e. The summed E-state index contributed by atoms with van der Waals surface area (Å²) in [7, 11) is 0. The van der Waals surface area contributed by atoms with Gasteiger partial charge in [-0.1, -0.05) is 38.8 Å². The molecule has 0 amide bonds. The lowest BCUT2D eigenvalue weighted by atomic mass is 9.83. The third-order valence-corrected chi connectivity index (χ3v) is 3.50. The highest BCUT2D eigenvalue weighted by atomic mass is 19.1. The summed E-state index contributed by atoms with van der Waals surface area (Å²) in [6.07, 6.45) is 1.39. The van der Waals surface area contributed by atoms with Gasteiger partial charge in [-0.2, -0.15) is 0 Å². The molecular formula is C14H22FNO. The van der Waals surface area contributed by atoms with Crippen molar-refractivity contribution in [2.24, 2.45) is 11.7 Å². The van der Waals surface area contributed by atoms with E-state index in [0.717, 1.165) is 18.4 Å². The van der Waals surface area contributed by atoms with E-state index in [1.54, 1.807) is 12.1 Å². The summed E-state index contributed by atoms with van der Waals surface area (Å²) >= 11 is 0. The fourth-order valence-electron chi connectivity index (χ4n) is 2.28. The summed E-state index contributed by atoms with van der Waals surface area (Å²) in [6.45, 7) is 4.51. The number of aliphatic hydroxyl groups is 1. The summed E-state index contributed by atoms with van der Waals surface area (Å²) in [5.41, 5.74) is 6.65. The van der Waals surface area contributed by atoms with E-state index in [-0.39, 0.29) is 17.7 Å². The van der Waals surface area contributed by atoms with Crippen LogP contribution >= 0.6 is 0 Å².